The summed E-state index contributed by atoms with van der Waals surface area (Å²) in [6.45, 7) is 1.39. The van der Waals surface area contributed by atoms with Gasteiger partial charge in [0.05, 0.1) is 18.4 Å². The molecule has 3 aromatic rings. The molecule has 0 aliphatic rings. The highest BCUT2D eigenvalue weighted by Gasteiger charge is 2.35. The van der Waals surface area contributed by atoms with E-state index < -0.39 is 41.2 Å². The first kappa shape index (κ1) is 24.6. The fourth-order valence-corrected chi connectivity index (χ4v) is 2.92. The first-order valence-electron chi connectivity index (χ1n) is 9.96. The van der Waals surface area contributed by atoms with Gasteiger partial charge in [0.2, 0.25) is 0 Å². The third kappa shape index (κ3) is 6.25. The topological polar surface area (TPSA) is 76.7 Å². The molecule has 2 N–H and O–H groups in total. The fraction of sp³-hybridized carbons (Fsp3) is 0.167. The number of amides is 2. The van der Waals surface area contributed by atoms with E-state index in [1.165, 1.54) is 32.2 Å². The quantitative estimate of drug-likeness (QED) is 0.441. The van der Waals surface area contributed by atoms with Crippen LogP contribution in [0.4, 0.5) is 28.9 Å². The summed E-state index contributed by atoms with van der Waals surface area (Å²) in [5, 5.41) is 4.54. The van der Waals surface area contributed by atoms with E-state index in [4.69, 9.17) is 9.47 Å². The summed E-state index contributed by atoms with van der Waals surface area (Å²) < 4.78 is 64.5. The van der Waals surface area contributed by atoms with Crippen LogP contribution in [0.25, 0.3) is 0 Å². The number of rotatable bonds is 7. The Labute approximate surface area is 192 Å². The molecule has 3 rings (SSSR count). The molecule has 3 aromatic carbocycles. The summed E-state index contributed by atoms with van der Waals surface area (Å²) in [7, 11) is 1.49. The number of halogens is 4. The molecule has 34 heavy (non-hydrogen) atoms. The molecule has 1 unspecified atom stereocenters. The number of benzene rings is 3. The second-order valence-corrected chi connectivity index (χ2v) is 7.14. The maximum atomic E-state index is 13.7. The lowest BCUT2D eigenvalue weighted by molar-refractivity contribution is -0.137. The molecule has 0 spiro atoms. The number of hydrogen-bond acceptors (Lipinski definition) is 4. The summed E-state index contributed by atoms with van der Waals surface area (Å²) in [6.07, 6.45) is -5.92. The van der Waals surface area contributed by atoms with Crippen LogP contribution in [-0.2, 0) is 11.0 Å². The molecule has 178 valence electrons. The van der Waals surface area contributed by atoms with Crippen LogP contribution in [0.5, 0.6) is 11.5 Å². The lowest BCUT2D eigenvalue weighted by atomic mass is 10.1. The van der Waals surface area contributed by atoms with Crippen molar-refractivity contribution in [1.29, 1.82) is 0 Å². The van der Waals surface area contributed by atoms with E-state index in [0.717, 1.165) is 18.2 Å². The molecule has 0 heterocycles. The van der Waals surface area contributed by atoms with E-state index in [2.05, 4.69) is 10.6 Å². The van der Waals surface area contributed by atoms with E-state index in [1.54, 1.807) is 24.3 Å². The van der Waals surface area contributed by atoms with Crippen LogP contribution in [0.1, 0.15) is 22.8 Å². The molecule has 1 atom stereocenters. The number of anilines is 2. The molecular weight excluding hydrogens is 456 g/mol. The fourth-order valence-electron chi connectivity index (χ4n) is 2.92. The first-order chi connectivity index (χ1) is 16.1. The zero-order chi connectivity index (χ0) is 24.9. The Morgan fingerprint density at radius 2 is 1.50 bits per heavy atom. The smallest absolute Gasteiger partial charge is 0.418 e. The van der Waals surface area contributed by atoms with Crippen molar-refractivity contribution in [3.63, 3.8) is 0 Å². The molecule has 2 amide bonds. The van der Waals surface area contributed by atoms with Gasteiger partial charge in [0, 0.05) is 11.3 Å². The lowest BCUT2D eigenvalue weighted by Crippen LogP contribution is -2.31. The molecule has 6 nitrogen and oxygen atoms in total. The van der Waals surface area contributed by atoms with Gasteiger partial charge in [-0.25, -0.2) is 4.39 Å². The van der Waals surface area contributed by atoms with Gasteiger partial charge in [-0.1, -0.05) is 0 Å². The zero-order valence-corrected chi connectivity index (χ0v) is 18.1. The van der Waals surface area contributed by atoms with Gasteiger partial charge in [-0.15, -0.1) is 0 Å². The second kappa shape index (κ2) is 10.2. The van der Waals surface area contributed by atoms with Crippen LogP contribution >= 0.6 is 0 Å². The Balaban J connectivity index is 1.74. The summed E-state index contributed by atoms with van der Waals surface area (Å²) in [5.74, 6) is -1.17. The molecule has 0 fully saturated rings. The Kier molecular flexibility index (Phi) is 7.40. The third-order valence-corrected chi connectivity index (χ3v) is 4.69. The summed E-state index contributed by atoms with van der Waals surface area (Å²) in [5.41, 5.74) is -1.74. The van der Waals surface area contributed by atoms with Gasteiger partial charge >= 0.3 is 6.18 Å². The van der Waals surface area contributed by atoms with E-state index in [-0.39, 0.29) is 11.3 Å². The minimum atomic E-state index is -4.82. The van der Waals surface area contributed by atoms with Gasteiger partial charge in [0.15, 0.2) is 6.10 Å². The van der Waals surface area contributed by atoms with E-state index in [0.29, 0.717) is 17.6 Å². The van der Waals surface area contributed by atoms with Crippen LogP contribution in [0.3, 0.4) is 0 Å². The normalized spacial score (nSPS) is 11.9. The summed E-state index contributed by atoms with van der Waals surface area (Å²) >= 11 is 0. The van der Waals surface area contributed by atoms with Crippen molar-refractivity contribution in [2.75, 3.05) is 17.7 Å². The number of ether oxygens (including phenoxy) is 2. The standard InChI is InChI=1S/C24H20F4N2O4/c1-14(34-19-10-8-18(33-2)9-11-19)22(31)30-21-12-7-17(13-20(21)24(26,27)28)29-23(32)15-3-5-16(25)6-4-15/h3-14H,1-2H3,(H,29,32)(H,30,31). The highest BCUT2D eigenvalue weighted by Crippen LogP contribution is 2.37. The van der Waals surface area contributed by atoms with Gasteiger partial charge in [-0.2, -0.15) is 13.2 Å². The van der Waals surface area contributed by atoms with Crippen LogP contribution in [0.2, 0.25) is 0 Å². The summed E-state index contributed by atoms with van der Waals surface area (Å²) in [6, 6.07) is 13.8. The predicted molar refractivity (Wildman–Crippen MR) is 118 cm³/mol. The van der Waals surface area contributed by atoms with Crippen molar-refractivity contribution in [2.24, 2.45) is 0 Å². The van der Waals surface area contributed by atoms with Gasteiger partial charge in [0.1, 0.15) is 17.3 Å². The molecule has 10 heteroatoms. The number of carbonyl (C=O) groups is 2. The Hall–Kier alpha value is -4.08. The molecule has 0 saturated carbocycles. The van der Waals surface area contributed by atoms with Crippen molar-refractivity contribution in [3.05, 3.63) is 83.7 Å². The maximum absolute atomic E-state index is 13.7. The van der Waals surface area contributed by atoms with Crippen molar-refractivity contribution in [1.82, 2.24) is 0 Å². The van der Waals surface area contributed by atoms with Crippen LogP contribution in [0, 0.1) is 5.82 Å². The Morgan fingerprint density at radius 1 is 0.882 bits per heavy atom. The highest BCUT2D eigenvalue weighted by molar-refractivity contribution is 6.04. The first-order valence-corrected chi connectivity index (χ1v) is 9.96. The number of carbonyl (C=O) groups excluding carboxylic acids is 2. The molecule has 0 aliphatic carbocycles. The minimum absolute atomic E-state index is 0.0665. The number of methoxy groups -OCH3 is 1. The third-order valence-electron chi connectivity index (χ3n) is 4.69. The zero-order valence-electron chi connectivity index (χ0n) is 18.1. The summed E-state index contributed by atoms with van der Waals surface area (Å²) in [4.78, 5) is 24.7. The highest BCUT2D eigenvalue weighted by atomic mass is 19.4. The van der Waals surface area contributed by atoms with E-state index in [9.17, 15) is 27.2 Å². The lowest BCUT2D eigenvalue weighted by Gasteiger charge is -2.18. The van der Waals surface area contributed by atoms with Crippen molar-refractivity contribution in [2.45, 2.75) is 19.2 Å². The number of alkyl halides is 3. The molecule has 0 aliphatic heterocycles. The maximum Gasteiger partial charge on any atom is 0.418 e. The van der Waals surface area contributed by atoms with Crippen molar-refractivity contribution < 1.29 is 36.6 Å². The van der Waals surface area contributed by atoms with Crippen molar-refractivity contribution >= 4 is 23.2 Å². The van der Waals surface area contributed by atoms with Gasteiger partial charge in [-0.3, -0.25) is 9.59 Å². The molecule has 0 radical (unpaired) electrons. The average Bonchev–Trinajstić information content (AvgIpc) is 2.80. The second-order valence-electron chi connectivity index (χ2n) is 7.14. The van der Waals surface area contributed by atoms with Crippen molar-refractivity contribution in [3.8, 4) is 11.5 Å². The number of hydrogen-bond donors (Lipinski definition) is 2. The van der Waals surface area contributed by atoms with Gasteiger partial charge in [-0.05, 0) is 73.7 Å². The predicted octanol–water partition coefficient (Wildman–Crippen LogP) is 5.51. The Morgan fingerprint density at radius 3 is 2.09 bits per heavy atom. The Bertz CT molecular complexity index is 1160. The van der Waals surface area contributed by atoms with Gasteiger partial charge in [0.25, 0.3) is 11.8 Å². The number of nitrogens with one attached hydrogen (secondary N) is 2. The van der Waals surface area contributed by atoms with E-state index >= 15 is 0 Å². The molecule has 0 saturated heterocycles. The SMILES string of the molecule is COc1ccc(OC(C)C(=O)Nc2ccc(NC(=O)c3ccc(F)cc3)cc2C(F)(F)F)cc1. The van der Waals surface area contributed by atoms with Crippen LogP contribution in [0.15, 0.2) is 66.7 Å². The average molecular weight is 476 g/mol. The van der Waals surface area contributed by atoms with E-state index in [1.807, 2.05) is 0 Å². The van der Waals surface area contributed by atoms with Gasteiger partial charge < -0.3 is 20.1 Å². The minimum Gasteiger partial charge on any atom is -0.497 e. The van der Waals surface area contributed by atoms with Crippen LogP contribution < -0.4 is 20.1 Å². The van der Waals surface area contributed by atoms with Crippen LogP contribution in [-0.4, -0.2) is 25.0 Å². The molecule has 0 aromatic heterocycles. The monoisotopic (exact) mass is 476 g/mol. The largest absolute Gasteiger partial charge is 0.497 e. The molecule has 0 bridgehead atoms. The molecular formula is C24H20F4N2O4.